The van der Waals surface area contributed by atoms with Crippen molar-refractivity contribution in [1.82, 2.24) is 10.6 Å². The molecule has 1 rings (SSSR count). The van der Waals surface area contributed by atoms with Crippen LogP contribution in [0.15, 0.2) is 22.7 Å². The molecule has 0 unspecified atom stereocenters. The highest BCUT2D eigenvalue weighted by atomic mass is 79.9. The summed E-state index contributed by atoms with van der Waals surface area (Å²) in [6, 6.07) is 5.82. The molecule has 1 aromatic carbocycles. The van der Waals surface area contributed by atoms with Crippen molar-refractivity contribution in [1.29, 1.82) is 0 Å². The molecule has 0 atom stereocenters. The number of rotatable bonds is 5. The van der Waals surface area contributed by atoms with Crippen LogP contribution >= 0.6 is 27.5 Å². The summed E-state index contributed by atoms with van der Waals surface area (Å²) in [5.41, 5.74) is 1.19. The molecule has 0 aromatic heterocycles. The molecule has 0 saturated carbocycles. The fourth-order valence-corrected chi connectivity index (χ4v) is 1.70. The third-order valence-corrected chi connectivity index (χ3v) is 2.88. The molecule has 14 heavy (non-hydrogen) atoms. The van der Waals surface area contributed by atoms with Crippen LogP contribution in [0.5, 0.6) is 0 Å². The normalized spacial score (nSPS) is 10.5. The summed E-state index contributed by atoms with van der Waals surface area (Å²) in [6.45, 7) is 2.76. The third kappa shape index (κ3) is 3.96. The van der Waals surface area contributed by atoms with E-state index in [1.807, 2.05) is 25.2 Å². The fourth-order valence-electron chi connectivity index (χ4n) is 1.12. The van der Waals surface area contributed by atoms with Gasteiger partial charge in [-0.2, -0.15) is 0 Å². The molecule has 1 aromatic rings. The lowest BCUT2D eigenvalue weighted by molar-refractivity contribution is 0.649. The molecule has 0 amide bonds. The summed E-state index contributed by atoms with van der Waals surface area (Å²) >= 11 is 9.38. The van der Waals surface area contributed by atoms with Crippen LogP contribution in [0.3, 0.4) is 0 Å². The second kappa shape index (κ2) is 6.40. The molecule has 0 fully saturated rings. The van der Waals surface area contributed by atoms with Gasteiger partial charge in [-0.05, 0) is 30.8 Å². The molecule has 0 bridgehead atoms. The second-order valence-corrected chi connectivity index (χ2v) is 4.31. The van der Waals surface area contributed by atoms with Gasteiger partial charge in [-0.3, -0.25) is 0 Å². The smallest absolute Gasteiger partial charge is 0.0410 e. The zero-order valence-electron chi connectivity index (χ0n) is 8.11. The maximum atomic E-state index is 5.90. The molecule has 0 spiro atoms. The van der Waals surface area contributed by atoms with Crippen molar-refractivity contribution in [2.75, 3.05) is 20.1 Å². The molecule has 0 aliphatic rings. The van der Waals surface area contributed by atoms with Crippen molar-refractivity contribution in [3.8, 4) is 0 Å². The highest BCUT2D eigenvalue weighted by molar-refractivity contribution is 9.10. The van der Waals surface area contributed by atoms with Crippen LogP contribution in [-0.2, 0) is 6.54 Å². The largest absolute Gasteiger partial charge is 0.318 e. The lowest BCUT2D eigenvalue weighted by atomic mass is 10.2. The average Bonchev–Trinajstić information content (AvgIpc) is 2.18. The first-order chi connectivity index (χ1) is 6.74. The summed E-state index contributed by atoms with van der Waals surface area (Å²) in [4.78, 5) is 0. The minimum atomic E-state index is 0.776. The molecule has 2 nitrogen and oxygen atoms in total. The van der Waals surface area contributed by atoms with E-state index >= 15 is 0 Å². The Morgan fingerprint density at radius 2 is 2.14 bits per heavy atom. The Hall–Kier alpha value is -0.0900. The van der Waals surface area contributed by atoms with E-state index in [1.165, 1.54) is 5.56 Å². The molecular weight excluding hydrogens is 263 g/mol. The number of likely N-dealkylation sites (N-methyl/N-ethyl adjacent to an activating group) is 1. The summed E-state index contributed by atoms with van der Waals surface area (Å²) in [6.07, 6.45) is 0. The topological polar surface area (TPSA) is 24.1 Å². The standard InChI is InChI=1S/C10H14BrClN2/c1-13-4-5-14-7-8-6-9(12)2-3-10(8)11/h2-3,6,13-14H,4-5,7H2,1H3. The first-order valence-electron chi connectivity index (χ1n) is 4.53. The fraction of sp³-hybridized carbons (Fsp3) is 0.400. The lowest BCUT2D eigenvalue weighted by Gasteiger charge is -2.06. The van der Waals surface area contributed by atoms with Gasteiger partial charge in [-0.25, -0.2) is 0 Å². The van der Waals surface area contributed by atoms with Gasteiger partial charge in [0.2, 0.25) is 0 Å². The summed E-state index contributed by atoms with van der Waals surface area (Å²) in [5.74, 6) is 0. The van der Waals surface area contributed by atoms with Crippen LogP contribution in [0.4, 0.5) is 0 Å². The Morgan fingerprint density at radius 1 is 1.36 bits per heavy atom. The van der Waals surface area contributed by atoms with Crippen molar-refractivity contribution < 1.29 is 0 Å². The van der Waals surface area contributed by atoms with Crippen molar-refractivity contribution >= 4 is 27.5 Å². The summed E-state index contributed by atoms with van der Waals surface area (Å²) in [5, 5.41) is 7.18. The zero-order valence-corrected chi connectivity index (χ0v) is 10.5. The monoisotopic (exact) mass is 276 g/mol. The first kappa shape index (κ1) is 12.0. The van der Waals surface area contributed by atoms with Gasteiger partial charge >= 0.3 is 0 Å². The lowest BCUT2D eigenvalue weighted by Crippen LogP contribution is -2.24. The molecule has 2 N–H and O–H groups in total. The van der Waals surface area contributed by atoms with Crippen LogP contribution in [0, 0.1) is 0 Å². The van der Waals surface area contributed by atoms with Crippen molar-refractivity contribution in [3.63, 3.8) is 0 Å². The molecule has 0 radical (unpaired) electrons. The van der Waals surface area contributed by atoms with Gasteiger partial charge in [0.15, 0.2) is 0 Å². The molecule has 0 aliphatic heterocycles. The van der Waals surface area contributed by atoms with E-state index in [2.05, 4.69) is 26.6 Å². The highest BCUT2D eigenvalue weighted by Crippen LogP contribution is 2.20. The van der Waals surface area contributed by atoms with E-state index < -0.39 is 0 Å². The van der Waals surface area contributed by atoms with Crippen molar-refractivity contribution in [2.24, 2.45) is 0 Å². The Labute approximate surface area is 98.2 Å². The summed E-state index contributed by atoms with van der Waals surface area (Å²) < 4.78 is 1.10. The number of hydrogen-bond donors (Lipinski definition) is 2. The minimum absolute atomic E-state index is 0.776. The van der Waals surface area contributed by atoms with E-state index in [1.54, 1.807) is 0 Å². The van der Waals surface area contributed by atoms with E-state index in [0.717, 1.165) is 29.1 Å². The van der Waals surface area contributed by atoms with Gasteiger partial charge in [-0.15, -0.1) is 0 Å². The maximum absolute atomic E-state index is 5.90. The van der Waals surface area contributed by atoms with Crippen LogP contribution in [0.1, 0.15) is 5.56 Å². The number of halogens is 2. The predicted molar refractivity (Wildman–Crippen MR) is 64.8 cm³/mol. The van der Waals surface area contributed by atoms with Crippen molar-refractivity contribution in [2.45, 2.75) is 6.54 Å². The Balaban J connectivity index is 2.45. The van der Waals surface area contributed by atoms with Gasteiger partial charge in [0.05, 0.1) is 0 Å². The van der Waals surface area contributed by atoms with Crippen LogP contribution in [0.25, 0.3) is 0 Å². The molecule has 4 heteroatoms. The van der Waals surface area contributed by atoms with Gasteiger partial charge < -0.3 is 10.6 Å². The van der Waals surface area contributed by atoms with E-state index in [9.17, 15) is 0 Å². The number of hydrogen-bond acceptors (Lipinski definition) is 2. The summed E-state index contributed by atoms with van der Waals surface area (Å²) in [7, 11) is 1.94. The number of benzene rings is 1. The molecular formula is C10H14BrClN2. The third-order valence-electron chi connectivity index (χ3n) is 1.87. The molecule has 0 saturated heterocycles. The Kier molecular flexibility index (Phi) is 5.48. The molecule has 0 aliphatic carbocycles. The van der Waals surface area contributed by atoms with E-state index in [-0.39, 0.29) is 0 Å². The highest BCUT2D eigenvalue weighted by Gasteiger charge is 1.99. The van der Waals surface area contributed by atoms with Gasteiger partial charge in [0.1, 0.15) is 0 Å². The average molecular weight is 278 g/mol. The Bertz CT molecular complexity index is 291. The second-order valence-electron chi connectivity index (χ2n) is 3.02. The van der Waals surface area contributed by atoms with Crippen LogP contribution in [0.2, 0.25) is 5.02 Å². The SMILES string of the molecule is CNCCNCc1cc(Cl)ccc1Br. The maximum Gasteiger partial charge on any atom is 0.0410 e. The van der Waals surface area contributed by atoms with Gasteiger partial charge in [0.25, 0.3) is 0 Å². The van der Waals surface area contributed by atoms with E-state index in [4.69, 9.17) is 11.6 Å². The van der Waals surface area contributed by atoms with Crippen molar-refractivity contribution in [3.05, 3.63) is 33.3 Å². The van der Waals surface area contributed by atoms with E-state index in [0.29, 0.717) is 0 Å². The molecule has 0 heterocycles. The van der Waals surface area contributed by atoms with Crippen LogP contribution in [-0.4, -0.2) is 20.1 Å². The Morgan fingerprint density at radius 3 is 2.86 bits per heavy atom. The minimum Gasteiger partial charge on any atom is -0.318 e. The molecule has 78 valence electrons. The van der Waals surface area contributed by atoms with Gasteiger partial charge in [0, 0.05) is 29.1 Å². The van der Waals surface area contributed by atoms with Crippen LogP contribution < -0.4 is 10.6 Å². The number of nitrogens with one attached hydrogen (secondary N) is 2. The predicted octanol–water partition coefficient (Wildman–Crippen LogP) is 2.41. The van der Waals surface area contributed by atoms with Gasteiger partial charge in [-0.1, -0.05) is 27.5 Å². The first-order valence-corrected chi connectivity index (χ1v) is 5.70. The zero-order chi connectivity index (χ0) is 10.4. The quantitative estimate of drug-likeness (QED) is 0.808.